The Hall–Kier alpha value is -2.07. The van der Waals surface area contributed by atoms with Crippen molar-refractivity contribution in [2.24, 2.45) is 0 Å². The monoisotopic (exact) mass is 347 g/mol. The molecule has 22 heavy (non-hydrogen) atoms. The van der Waals surface area contributed by atoms with Crippen LogP contribution in [0.2, 0.25) is 0 Å². The van der Waals surface area contributed by atoms with Crippen LogP contribution in [-0.4, -0.2) is 18.4 Å². The van der Waals surface area contributed by atoms with Gasteiger partial charge in [0.25, 0.3) is 10.0 Å². The summed E-state index contributed by atoms with van der Waals surface area (Å²) in [7, 11) is -3.88. The second-order valence-corrected chi connectivity index (χ2v) is 7.15. The van der Waals surface area contributed by atoms with Crippen LogP contribution >= 0.6 is 11.3 Å². The van der Waals surface area contributed by atoms with Crippen molar-refractivity contribution in [2.75, 3.05) is 4.72 Å². The summed E-state index contributed by atoms with van der Waals surface area (Å²) < 4.78 is 65.2. The van der Waals surface area contributed by atoms with Crippen LogP contribution in [0.1, 0.15) is 5.56 Å². The van der Waals surface area contributed by atoms with E-state index in [0.717, 1.165) is 17.5 Å². The van der Waals surface area contributed by atoms with Gasteiger partial charge in [-0.1, -0.05) is 12.1 Å². The van der Waals surface area contributed by atoms with E-state index >= 15 is 0 Å². The van der Waals surface area contributed by atoms with Crippen molar-refractivity contribution in [1.82, 2.24) is 9.97 Å². The molecule has 0 atom stereocenters. The fourth-order valence-corrected chi connectivity index (χ4v) is 3.87. The highest BCUT2D eigenvalue weighted by Crippen LogP contribution is 2.37. The average molecular weight is 347 g/mol. The van der Waals surface area contributed by atoms with E-state index in [1.54, 1.807) is 0 Å². The fraction of sp³-hybridized carbons (Fsp3) is 0.0833. The standard InChI is InChI=1S/C12H8F3N3O2S2/c13-12(14,15)8-4-17-11-7(8)2-1-3-9(11)18-22(19,20)10-5-16-6-21-10/h1-6,17-18H. The van der Waals surface area contributed by atoms with Gasteiger partial charge in [0.15, 0.2) is 4.21 Å². The third-order valence-electron chi connectivity index (χ3n) is 2.94. The molecule has 1 aromatic carbocycles. The van der Waals surface area contributed by atoms with Crippen LogP contribution in [0.15, 0.2) is 40.3 Å². The third kappa shape index (κ3) is 2.55. The quantitative estimate of drug-likeness (QED) is 0.762. The second-order valence-electron chi connectivity index (χ2n) is 4.35. The van der Waals surface area contributed by atoms with Gasteiger partial charge < -0.3 is 4.98 Å². The number of nitrogens with zero attached hydrogens (tertiary/aromatic N) is 1. The second kappa shape index (κ2) is 4.99. The van der Waals surface area contributed by atoms with Gasteiger partial charge in [-0.2, -0.15) is 13.2 Å². The van der Waals surface area contributed by atoms with Crippen LogP contribution in [-0.2, 0) is 16.2 Å². The molecular weight excluding hydrogens is 339 g/mol. The van der Waals surface area contributed by atoms with E-state index in [4.69, 9.17) is 0 Å². The molecule has 3 rings (SSSR count). The Morgan fingerprint density at radius 3 is 2.68 bits per heavy atom. The summed E-state index contributed by atoms with van der Waals surface area (Å²) in [6, 6.07) is 4.02. The van der Waals surface area contributed by atoms with Crippen molar-refractivity contribution in [3.63, 3.8) is 0 Å². The Morgan fingerprint density at radius 1 is 1.27 bits per heavy atom. The zero-order chi connectivity index (χ0) is 16.0. The van der Waals surface area contributed by atoms with Gasteiger partial charge in [0, 0.05) is 11.6 Å². The Balaban J connectivity index is 2.08. The first-order chi connectivity index (χ1) is 10.3. The number of nitrogens with one attached hydrogen (secondary N) is 2. The molecule has 0 aliphatic heterocycles. The number of thiazole rings is 1. The number of rotatable bonds is 3. The predicted octanol–water partition coefficient (Wildman–Crippen LogP) is 3.44. The Labute approximate surface area is 126 Å². The molecule has 3 aromatic rings. The van der Waals surface area contributed by atoms with Crippen molar-refractivity contribution < 1.29 is 21.6 Å². The predicted molar refractivity (Wildman–Crippen MR) is 76.2 cm³/mol. The summed E-state index contributed by atoms with van der Waals surface area (Å²) in [4.78, 5) is 6.14. The molecule has 0 unspecified atom stereocenters. The summed E-state index contributed by atoms with van der Waals surface area (Å²) >= 11 is 0.912. The van der Waals surface area contributed by atoms with Crippen LogP contribution in [0, 0.1) is 0 Å². The molecule has 0 radical (unpaired) electrons. The molecule has 0 aliphatic rings. The maximum absolute atomic E-state index is 12.9. The lowest BCUT2D eigenvalue weighted by atomic mass is 10.1. The van der Waals surface area contributed by atoms with Crippen molar-refractivity contribution in [1.29, 1.82) is 0 Å². The van der Waals surface area contributed by atoms with Crippen LogP contribution in [0.3, 0.4) is 0 Å². The number of anilines is 1. The van der Waals surface area contributed by atoms with E-state index in [1.807, 2.05) is 0 Å². The maximum Gasteiger partial charge on any atom is 0.418 e. The highest BCUT2D eigenvalue weighted by atomic mass is 32.2. The molecule has 0 fully saturated rings. The molecule has 0 saturated carbocycles. The first-order valence-electron chi connectivity index (χ1n) is 5.87. The normalized spacial score (nSPS) is 12.7. The number of hydrogen-bond donors (Lipinski definition) is 2. The lowest BCUT2D eigenvalue weighted by Crippen LogP contribution is -2.11. The topological polar surface area (TPSA) is 74.8 Å². The number of halogens is 3. The van der Waals surface area contributed by atoms with Crippen molar-refractivity contribution >= 4 is 38.0 Å². The first kappa shape index (κ1) is 14.9. The minimum absolute atomic E-state index is 0.0212. The molecular formula is C12H8F3N3O2S2. The van der Waals surface area contributed by atoms with E-state index in [9.17, 15) is 21.6 Å². The van der Waals surface area contributed by atoms with Crippen LogP contribution in [0.4, 0.5) is 18.9 Å². The van der Waals surface area contributed by atoms with E-state index in [2.05, 4.69) is 14.7 Å². The maximum atomic E-state index is 12.9. The van der Waals surface area contributed by atoms with E-state index in [0.29, 0.717) is 0 Å². The molecule has 2 aromatic heterocycles. The molecule has 0 amide bonds. The molecule has 0 aliphatic carbocycles. The molecule has 2 heterocycles. The summed E-state index contributed by atoms with van der Waals surface area (Å²) in [5.74, 6) is 0. The molecule has 5 nitrogen and oxygen atoms in total. The van der Waals surface area contributed by atoms with Gasteiger partial charge >= 0.3 is 6.18 Å². The third-order valence-corrected chi connectivity index (χ3v) is 5.58. The molecule has 0 bridgehead atoms. The number of fused-ring (bicyclic) bond motifs is 1. The summed E-state index contributed by atoms with van der Waals surface area (Å²) in [6.45, 7) is 0. The molecule has 2 N–H and O–H groups in total. The minimum Gasteiger partial charge on any atom is -0.359 e. The Bertz CT molecular complexity index is 915. The van der Waals surface area contributed by atoms with Gasteiger partial charge in [-0.05, 0) is 6.07 Å². The number of H-pyrrole nitrogens is 1. The number of hydrogen-bond acceptors (Lipinski definition) is 4. The van der Waals surface area contributed by atoms with Crippen molar-refractivity contribution in [2.45, 2.75) is 10.4 Å². The zero-order valence-corrected chi connectivity index (χ0v) is 12.3. The van der Waals surface area contributed by atoms with Gasteiger partial charge in [-0.25, -0.2) is 8.42 Å². The van der Waals surface area contributed by atoms with Crippen molar-refractivity contribution in [3.05, 3.63) is 41.7 Å². The first-order valence-corrected chi connectivity index (χ1v) is 8.24. The number of alkyl halides is 3. The lowest BCUT2D eigenvalue weighted by molar-refractivity contribution is -0.136. The number of aromatic amines is 1. The van der Waals surface area contributed by atoms with Gasteiger partial charge in [0.05, 0.1) is 28.5 Å². The minimum atomic E-state index is -4.52. The Kier molecular flexibility index (Phi) is 3.37. The number of para-hydroxylation sites is 1. The zero-order valence-electron chi connectivity index (χ0n) is 10.7. The largest absolute Gasteiger partial charge is 0.418 e. The lowest BCUT2D eigenvalue weighted by Gasteiger charge is -2.08. The van der Waals surface area contributed by atoms with Gasteiger partial charge in [0.2, 0.25) is 0 Å². The van der Waals surface area contributed by atoms with Gasteiger partial charge in [-0.3, -0.25) is 9.71 Å². The van der Waals surface area contributed by atoms with Crippen LogP contribution in [0.25, 0.3) is 10.9 Å². The molecule has 0 spiro atoms. The highest BCUT2D eigenvalue weighted by Gasteiger charge is 2.34. The van der Waals surface area contributed by atoms with Crippen LogP contribution < -0.4 is 4.72 Å². The van der Waals surface area contributed by atoms with Crippen LogP contribution in [0.5, 0.6) is 0 Å². The van der Waals surface area contributed by atoms with E-state index in [1.165, 1.54) is 29.9 Å². The highest BCUT2D eigenvalue weighted by molar-refractivity contribution is 7.94. The molecule has 116 valence electrons. The van der Waals surface area contributed by atoms with E-state index < -0.39 is 21.8 Å². The average Bonchev–Trinajstić information content (AvgIpc) is 3.08. The number of aromatic nitrogens is 2. The molecule has 0 saturated heterocycles. The smallest absolute Gasteiger partial charge is 0.359 e. The summed E-state index contributed by atoms with van der Waals surface area (Å²) in [5, 5.41) is -0.1000. The van der Waals surface area contributed by atoms with Gasteiger partial charge in [0.1, 0.15) is 0 Å². The molecule has 10 heteroatoms. The summed E-state index contributed by atoms with van der Waals surface area (Å²) in [5.41, 5.74) is 0.622. The number of benzene rings is 1. The Morgan fingerprint density at radius 2 is 2.05 bits per heavy atom. The number of sulfonamides is 1. The van der Waals surface area contributed by atoms with E-state index in [-0.39, 0.29) is 20.8 Å². The van der Waals surface area contributed by atoms with Gasteiger partial charge in [-0.15, -0.1) is 11.3 Å². The van der Waals surface area contributed by atoms with Crippen molar-refractivity contribution in [3.8, 4) is 0 Å². The SMILES string of the molecule is O=S(=O)(Nc1cccc2c(C(F)(F)F)c[nH]c12)c1cncs1. The fourth-order valence-electron chi connectivity index (χ4n) is 2.01. The summed E-state index contributed by atoms with van der Waals surface area (Å²) in [6.07, 6.45) is -2.54.